The molecule has 2 aromatic rings. The minimum absolute atomic E-state index is 0.165. The van der Waals surface area contributed by atoms with Crippen LogP contribution in [0, 0.1) is 0 Å². The van der Waals surface area contributed by atoms with Crippen LogP contribution >= 0.6 is 11.3 Å². The van der Waals surface area contributed by atoms with Gasteiger partial charge in [-0.2, -0.15) is 0 Å². The third-order valence-corrected chi connectivity index (χ3v) is 3.49. The number of nitrogens with one attached hydrogen (secondary N) is 1. The summed E-state index contributed by atoms with van der Waals surface area (Å²) in [4.78, 5) is 16.1. The van der Waals surface area contributed by atoms with Crippen LogP contribution in [0.15, 0.2) is 11.7 Å². The molecule has 1 amide bonds. The van der Waals surface area contributed by atoms with Crippen LogP contribution in [0.4, 0.5) is 0 Å². The Kier molecular flexibility index (Phi) is 4.58. The van der Waals surface area contributed by atoms with Gasteiger partial charge in [-0.3, -0.25) is 4.79 Å². The molecule has 0 unspecified atom stereocenters. The maximum absolute atomic E-state index is 11.8. The number of aromatic nitrogens is 4. The van der Waals surface area contributed by atoms with E-state index >= 15 is 0 Å². The van der Waals surface area contributed by atoms with Gasteiger partial charge >= 0.3 is 0 Å². The normalized spacial score (nSPS) is 10.6. The standard InChI is InChI=1S/C11H16N6OS/c1-17-7-14-16-9(17)3-5-13-11(18)8-6-19-10(15-8)2-4-12/h6-7H,2-5,12H2,1H3,(H,13,18). The highest BCUT2D eigenvalue weighted by atomic mass is 32.1. The number of hydrogen-bond acceptors (Lipinski definition) is 6. The Hall–Kier alpha value is -1.80. The second kappa shape index (κ2) is 6.39. The van der Waals surface area contributed by atoms with E-state index in [2.05, 4.69) is 20.5 Å². The van der Waals surface area contributed by atoms with E-state index in [1.165, 1.54) is 11.3 Å². The maximum atomic E-state index is 11.8. The Labute approximate surface area is 114 Å². The van der Waals surface area contributed by atoms with Crippen molar-refractivity contribution in [2.45, 2.75) is 12.8 Å². The number of nitrogens with two attached hydrogens (primary N) is 1. The molecule has 0 aliphatic rings. The number of aryl methyl sites for hydroxylation is 1. The Morgan fingerprint density at radius 1 is 1.53 bits per heavy atom. The molecular weight excluding hydrogens is 264 g/mol. The molecule has 2 rings (SSSR count). The van der Waals surface area contributed by atoms with Gasteiger partial charge in [0.05, 0.1) is 5.01 Å². The summed E-state index contributed by atoms with van der Waals surface area (Å²) >= 11 is 1.46. The molecule has 0 atom stereocenters. The van der Waals surface area contributed by atoms with Crippen LogP contribution in [-0.2, 0) is 19.9 Å². The van der Waals surface area contributed by atoms with Gasteiger partial charge in [0, 0.05) is 31.8 Å². The first-order chi connectivity index (χ1) is 9.20. The molecule has 19 heavy (non-hydrogen) atoms. The van der Waals surface area contributed by atoms with Gasteiger partial charge in [0.1, 0.15) is 17.8 Å². The zero-order chi connectivity index (χ0) is 13.7. The maximum Gasteiger partial charge on any atom is 0.270 e. The summed E-state index contributed by atoms with van der Waals surface area (Å²) in [6.45, 7) is 1.05. The van der Waals surface area contributed by atoms with Crippen molar-refractivity contribution in [1.29, 1.82) is 0 Å². The quantitative estimate of drug-likeness (QED) is 0.760. The summed E-state index contributed by atoms with van der Waals surface area (Å²) in [7, 11) is 1.87. The Morgan fingerprint density at radius 2 is 2.37 bits per heavy atom. The Balaban J connectivity index is 1.82. The van der Waals surface area contributed by atoms with Crippen molar-refractivity contribution in [2.24, 2.45) is 12.8 Å². The summed E-state index contributed by atoms with van der Waals surface area (Å²) in [5.41, 5.74) is 5.90. The SMILES string of the molecule is Cn1cnnc1CCNC(=O)c1csc(CCN)n1. The molecule has 2 heterocycles. The van der Waals surface area contributed by atoms with E-state index in [-0.39, 0.29) is 5.91 Å². The number of carbonyl (C=O) groups excluding carboxylic acids is 1. The van der Waals surface area contributed by atoms with Crippen LogP contribution in [0.3, 0.4) is 0 Å². The molecule has 0 saturated carbocycles. The summed E-state index contributed by atoms with van der Waals surface area (Å²) in [5, 5.41) is 13.2. The van der Waals surface area contributed by atoms with Gasteiger partial charge in [-0.1, -0.05) is 0 Å². The van der Waals surface area contributed by atoms with E-state index in [0.29, 0.717) is 31.6 Å². The molecule has 8 heteroatoms. The molecule has 0 aliphatic heterocycles. The largest absolute Gasteiger partial charge is 0.350 e. The van der Waals surface area contributed by atoms with Crippen molar-refractivity contribution in [3.05, 3.63) is 28.2 Å². The minimum atomic E-state index is -0.165. The van der Waals surface area contributed by atoms with Gasteiger partial charge in [0.15, 0.2) is 0 Å². The first kappa shape index (κ1) is 13.6. The molecule has 0 fully saturated rings. The molecule has 0 aliphatic carbocycles. The van der Waals surface area contributed by atoms with Gasteiger partial charge in [-0.25, -0.2) is 4.98 Å². The summed E-state index contributed by atoms with van der Waals surface area (Å²) in [6.07, 6.45) is 2.98. The number of carbonyl (C=O) groups is 1. The van der Waals surface area contributed by atoms with Gasteiger partial charge in [-0.15, -0.1) is 21.5 Å². The Bertz CT molecular complexity index is 549. The summed E-state index contributed by atoms with van der Waals surface area (Å²) in [5.74, 6) is 0.670. The molecule has 3 N–H and O–H groups in total. The number of thiazole rings is 1. The Morgan fingerprint density at radius 3 is 3.05 bits per heavy atom. The summed E-state index contributed by atoms with van der Waals surface area (Å²) in [6, 6.07) is 0. The van der Waals surface area contributed by atoms with Crippen LogP contribution in [-0.4, -0.2) is 38.7 Å². The highest BCUT2D eigenvalue weighted by molar-refractivity contribution is 7.09. The smallest absolute Gasteiger partial charge is 0.270 e. The van der Waals surface area contributed by atoms with E-state index in [9.17, 15) is 4.79 Å². The van der Waals surface area contributed by atoms with E-state index in [4.69, 9.17) is 5.73 Å². The first-order valence-electron chi connectivity index (χ1n) is 5.96. The van der Waals surface area contributed by atoms with Crippen molar-refractivity contribution >= 4 is 17.2 Å². The van der Waals surface area contributed by atoms with Gasteiger partial charge in [0.2, 0.25) is 0 Å². The predicted molar refractivity (Wildman–Crippen MR) is 71.9 cm³/mol. The number of hydrogen-bond donors (Lipinski definition) is 2. The van der Waals surface area contributed by atoms with E-state index in [1.54, 1.807) is 11.7 Å². The lowest BCUT2D eigenvalue weighted by molar-refractivity contribution is 0.0949. The lowest BCUT2D eigenvalue weighted by Crippen LogP contribution is -2.26. The van der Waals surface area contributed by atoms with Crippen LogP contribution in [0.2, 0.25) is 0 Å². The topological polar surface area (TPSA) is 98.7 Å². The fraction of sp³-hybridized carbons (Fsp3) is 0.455. The van der Waals surface area contributed by atoms with Gasteiger partial charge in [0.25, 0.3) is 5.91 Å². The van der Waals surface area contributed by atoms with Crippen LogP contribution in [0.5, 0.6) is 0 Å². The number of nitrogens with zero attached hydrogens (tertiary/aromatic N) is 4. The highest BCUT2D eigenvalue weighted by Gasteiger charge is 2.10. The van der Waals surface area contributed by atoms with E-state index < -0.39 is 0 Å². The number of rotatable bonds is 6. The molecule has 0 aromatic carbocycles. The number of amides is 1. The second-order valence-corrected chi connectivity index (χ2v) is 4.97. The van der Waals surface area contributed by atoms with E-state index in [1.807, 2.05) is 11.6 Å². The third-order valence-electron chi connectivity index (χ3n) is 2.58. The average molecular weight is 280 g/mol. The predicted octanol–water partition coefficient (Wildman–Crippen LogP) is -0.255. The van der Waals surface area contributed by atoms with Crippen molar-refractivity contribution in [3.63, 3.8) is 0 Å². The molecule has 2 aromatic heterocycles. The average Bonchev–Trinajstić information content (AvgIpc) is 3.00. The lowest BCUT2D eigenvalue weighted by atomic mass is 10.3. The van der Waals surface area contributed by atoms with Crippen LogP contribution < -0.4 is 11.1 Å². The molecule has 0 spiro atoms. The zero-order valence-electron chi connectivity index (χ0n) is 10.7. The first-order valence-corrected chi connectivity index (χ1v) is 6.84. The second-order valence-electron chi connectivity index (χ2n) is 4.03. The van der Waals surface area contributed by atoms with Crippen LogP contribution in [0.25, 0.3) is 0 Å². The monoisotopic (exact) mass is 280 g/mol. The van der Waals surface area contributed by atoms with E-state index in [0.717, 1.165) is 10.8 Å². The molecule has 102 valence electrons. The molecule has 0 radical (unpaired) electrons. The lowest BCUT2D eigenvalue weighted by Gasteiger charge is -2.02. The minimum Gasteiger partial charge on any atom is -0.350 e. The van der Waals surface area contributed by atoms with Crippen molar-refractivity contribution in [2.75, 3.05) is 13.1 Å². The van der Waals surface area contributed by atoms with Gasteiger partial charge < -0.3 is 15.6 Å². The highest BCUT2D eigenvalue weighted by Crippen LogP contribution is 2.09. The fourth-order valence-electron chi connectivity index (χ4n) is 1.57. The van der Waals surface area contributed by atoms with Crippen molar-refractivity contribution in [1.82, 2.24) is 25.1 Å². The van der Waals surface area contributed by atoms with Crippen molar-refractivity contribution in [3.8, 4) is 0 Å². The molecule has 0 bridgehead atoms. The van der Waals surface area contributed by atoms with Crippen molar-refractivity contribution < 1.29 is 4.79 Å². The molecule has 7 nitrogen and oxygen atoms in total. The zero-order valence-corrected chi connectivity index (χ0v) is 11.5. The van der Waals surface area contributed by atoms with Crippen LogP contribution in [0.1, 0.15) is 21.3 Å². The third kappa shape index (κ3) is 3.58. The fourth-order valence-corrected chi connectivity index (χ4v) is 2.36. The van der Waals surface area contributed by atoms with Gasteiger partial charge in [-0.05, 0) is 6.54 Å². The molecular formula is C11H16N6OS. The summed E-state index contributed by atoms with van der Waals surface area (Å²) < 4.78 is 1.83. The molecule has 0 saturated heterocycles.